The topological polar surface area (TPSA) is 65.8 Å². The Balaban J connectivity index is 1.39. The lowest BCUT2D eigenvalue weighted by atomic mass is 10.1. The highest BCUT2D eigenvalue weighted by Gasteiger charge is 2.28. The third kappa shape index (κ3) is 4.65. The molecule has 2 aliphatic rings. The molecule has 1 N–H and O–H groups in total. The molecule has 3 aromatic rings. The van der Waals surface area contributed by atoms with Gasteiger partial charge >= 0.3 is 5.97 Å². The Labute approximate surface area is 207 Å². The Bertz CT molecular complexity index is 1360. The molecule has 2 fully saturated rings. The minimum atomic E-state index is -1.28. The molecule has 0 radical (unpaired) electrons. The first-order valence-electron chi connectivity index (χ1n) is 12.2. The minimum absolute atomic E-state index is 0.136. The standard InChI is InChI=1S/C27H30FN3O3S/c1-3-4-18(26-17(2)7-12-35-26)15-29-8-10-30(11-9-29)24-14-23-20(13-22(24)28)25(32)21(27(33)34)16-31(23)19-5-6-19/h4,7,12-14,16,19H,3,5-6,8-11,15H2,1-2H3,(H,33,34)/b18-4-. The van der Waals surface area contributed by atoms with Crippen molar-refractivity contribution in [3.05, 3.63) is 67.9 Å². The number of rotatable bonds is 7. The van der Waals surface area contributed by atoms with Crippen LogP contribution in [0.2, 0.25) is 0 Å². The van der Waals surface area contributed by atoms with Gasteiger partial charge in [-0.15, -0.1) is 11.3 Å². The van der Waals surface area contributed by atoms with Crippen LogP contribution in [-0.2, 0) is 0 Å². The van der Waals surface area contributed by atoms with Crippen molar-refractivity contribution in [1.82, 2.24) is 9.47 Å². The number of hydrogen-bond donors (Lipinski definition) is 1. The van der Waals surface area contributed by atoms with Crippen LogP contribution in [0.4, 0.5) is 10.1 Å². The lowest BCUT2D eigenvalue weighted by Gasteiger charge is -2.36. The van der Waals surface area contributed by atoms with E-state index in [-0.39, 0.29) is 17.0 Å². The van der Waals surface area contributed by atoms with Crippen LogP contribution in [0.5, 0.6) is 0 Å². The maximum atomic E-state index is 15.2. The van der Waals surface area contributed by atoms with Gasteiger partial charge in [0.15, 0.2) is 0 Å². The molecule has 1 aliphatic carbocycles. The molecule has 1 aliphatic heterocycles. The summed E-state index contributed by atoms with van der Waals surface area (Å²) in [5, 5.41) is 11.7. The predicted octanol–water partition coefficient (Wildman–Crippen LogP) is 5.16. The molecule has 0 atom stereocenters. The molecular formula is C27H30FN3O3S. The zero-order chi connectivity index (χ0) is 24.7. The second kappa shape index (κ2) is 9.59. The number of anilines is 1. The Hall–Kier alpha value is -2.97. The highest BCUT2D eigenvalue weighted by Crippen LogP contribution is 2.38. The van der Waals surface area contributed by atoms with Crippen LogP contribution in [0.15, 0.2) is 40.6 Å². The molecule has 1 saturated carbocycles. The first kappa shape index (κ1) is 23.8. The zero-order valence-electron chi connectivity index (χ0n) is 20.1. The molecule has 0 bridgehead atoms. The maximum Gasteiger partial charge on any atom is 0.341 e. The lowest BCUT2D eigenvalue weighted by molar-refractivity contribution is 0.0695. The molecule has 1 aromatic carbocycles. The summed E-state index contributed by atoms with van der Waals surface area (Å²) < 4.78 is 17.1. The fourth-order valence-electron chi connectivity index (χ4n) is 4.97. The number of halogens is 1. The minimum Gasteiger partial charge on any atom is -0.477 e. The number of aromatic nitrogens is 1. The van der Waals surface area contributed by atoms with Gasteiger partial charge in [0.2, 0.25) is 5.43 Å². The van der Waals surface area contributed by atoms with Gasteiger partial charge in [-0.3, -0.25) is 9.69 Å². The molecule has 0 spiro atoms. The van der Waals surface area contributed by atoms with Crippen molar-refractivity contribution in [2.45, 2.75) is 39.2 Å². The molecular weight excluding hydrogens is 465 g/mol. The number of piperazine rings is 1. The van der Waals surface area contributed by atoms with Crippen LogP contribution >= 0.6 is 11.3 Å². The van der Waals surface area contributed by atoms with Crippen molar-refractivity contribution in [3.8, 4) is 0 Å². The fraction of sp³-hybridized carbons (Fsp3) is 0.407. The molecule has 3 heterocycles. The maximum absolute atomic E-state index is 15.2. The number of aromatic carboxylic acids is 1. The quantitative estimate of drug-likeness (QED) is 0.491. The Morgan fingerprint density at radius 3 is 2.57 bits per heavy atom. The Kier molecular flexibility index (Phi) is 6.51. The SMILES string of the molecule is CC/C=C(/CN1CCN(c2cc3c(cc2F)c(=O)c(C(=O)O)cn3C2CC2)CC1)c1sccc1C. The van der Waals surface area contributed by atoms with Crippen molar-refractivity contribution in [3.63, 3.8) is 0 Å². The van der Waals surface area contributed by atoms with E-state index in [9.17, 15) is 14.7 Å². The number of pyridine rings is 1. The van der Waals surface area contributed by atoms with Crippen LogP contribution in [0.3, 0.4) is 0 Å². The highest BCUT2D eigenvalue weighted by molar-refractivity contribution is 7.11. The number of carboxylic acid groups (broad SMARTS) is 1. The van der Waals surface area contributed by atoms with E-state index in [1.54, 1.807) is 17.4 Å². The predicted molar refractivity (Wildman–Crippen MR) is 139 cm³/mol. The average Bonchev–Trinajstić information content (AvgIpc) is 3.59. The zero-order valence-corrected chi connectivity index (χ0v) is 20.9. The molecule has 8 heteroatoms. The van der Waals surface area contributed by atoms with Crippen LogP contribution in [0.25, 0.3) is 16.5 Å². The van der Waals surface area contributed by atoms with Gasteiger partial charge in [0, 0.05) is 55.2 Å². The van der Waals surface area contributed by atoms with Crippen molar-refractivity contribution >= 4 is 39.5 Å². The molecule has 0 amide bonds. The van der Waals surface area contributed by atoms with Crippen LogP contribution in [0, 0.1) is 12.7 Å². The summed E-state index contributed by atoms with van der Waals surface area (Å²) in [5.41, 5.74) is 2.82. The van der Waals surface area contributed by atoms with E-state index < -0.39 is 17.2 Å². The number of allylic oxidation sites excluding steroid dienone is 1. The van der Waals surface area contributed by atoms with E-state index in [1.807, 2.05) is 9.47 Å². The van der Waals surface area contributed by atoms with Gasteiger partial charge in [0.25, 0.3) is 0 Å². The van der Waals surface area contributed by atoms with E-state index >= 15 is 4.39 Å². The number of carboxylic acids is 1. The number of fused-ring (bicyclic) bond motifs is 1. The smallest absolute Gasteiger partial charge is 0.341 e. The lowest BCUT2D eigenvalue weighted by Crippen LogP contribution is -2.47. The number of thiophene rings is 1. The van der Waals surface area contributed by atoms with E-state index in [0.29, 0.717) is 24.3 Å². The number of benzene rings is 1. The van der Waals surface area contributed by atoms with Crippen molar-refractivity contribution in [2.75, 3.05) is 37.6 Å². The Morgan fingerprint density at radius 2 is 1.97 bits per heavy atom. The third-order valence-electron chi connectivity index (χ3n) is 6.98. The summed E-state index contributed by atoms with van der Waals surface area (Å²) in [7, 11) is 0. The second-order valence-electron chi connectivity index (χ2n) is 9.47. The largest absolute Gasteiger partial charge is 0.477 e. The summed E-state index contributed by atoms with van der Waals surface area (Å²) in [6.07, 6.45) is 6.58. The first-order valence-corrected chi connectivity index (χ1v) is 13.1. The summed E-state index contributed by atoms with van der Waals surface area (Å²) in [4.78, 5) is 30.1. The number of hydrogen-bond acceptors (Lipinski definition) is 5. The molecule has 5 rings (SSSR count). The number of carbonyl (C=O) groups is 1. The van der Waals surface area contributed by atoms with Crippen molar-refractivity contribution in [2.24, 2.45) is 0 Å². The van der Waals surface area contributed by atoms with Gasteiger partial charge in [-0.1, -0.05) is 13.0 Å². The Morgan fingerprint density at radius 1 is 1.23 bits per heavy atom. The van der Waals surface area contributed by atoms with Gasteiger partial charge in [-0.05, 0) is 60.9 Å². The average molecular weight is 496 g/mol. The molecule has 184 valence electrons. The van der Waals surface area contributed by atoms with Gasteiger partial charge in [-0.25, -0.2) is 9.18 Å². The van der Waals surface area contributed by atoms with E-state index in [2.05, 4.69) is 36.3 Å². The van der Waals surface area contributed by atoms with Crippen LogP contribution in [0.1, 0.15) is 53.0 Å². The number of aryl methyl sites for hydroxylation is 1. The van der Waals surface area contributed by atoms with Crippen molar-refractivity contribution < 1.29 is 14.3 Å². The molecule has 1 saturated heterocycles. The first-order chi connectivity index (χ1) is 16.9. The van der Waals surface area contributed by atoms with Crippen molar-refractivity contribution in [1.29, 1.82) is 0 Å². The van der Waals surface area contributed by atoms with E-state index in [4.69, 9.17) is 0 Å². The summed E-state index contributed by atoms with van der Waals surface area (Å²) >= 11 is 1.78. The molecule has 6 nitrogen and oxygen atoms in total. The number of nitrogens with zero attached hydrogens (tertiary/aromatic N) is 3. The molecule has 0 unspecified atom stereocenters. The van der Waals surface area contributed by atoms with Gasteiger partial charge in [-0.2, -0.15) is 0 Å². The molecule has 2 aromatic heterocycles. The summed E-state index contributed by atoms with van der Waals surface area (Å²) in [5.74, 6) is -1.75. The van der Waals surface area contributed by atoms with Crippen LogP contribution in [-0.4, -0.2) is 53.3 Å². The van der Waals surface area contributed by atoms with Gasteiger partial charge in [0.1, 0.15) is 11.4 Å². The van der Waals surface area contributed by atoms with Gasteiger partial charge < -0.3 is 14.6 Å². The fourth-order valence-corrected chi connectivity index (χ4v) is 5.93. The second-order valence-corrected chi connectivity index (χ2v) is 10.4. The monoisotopic (exact) mass is 495 g/mol. The third-order valence-corrected chi connectivity index (χ3v) is 8.07. The summed E-state index contributed by atoms with van der Waals surface area (Å²) in [6.45, 7) is 8.19. The van der Waals surface area contributed by atoms with Gasteiger partial charge in [0.05, 0.1) is 11.2 Å². The summed E-state index contributed by atoms with van der Waals surface area (Å²) in [6, 6.07) is 5.29. The van der Waals surface area contributed by atoms with E-state index in [1.165, 1.54) is 28.3 Å². The highest BCUT2D eigenvalue weighted by atomic mass is 32.1. The van der Waals surface area contributed by atoms with Crippen LogP contribution < -0.4 is 10.3 Å². The van der Waals surface area contributed by atoms with E-state index in [0.717, 1.165) is 38.9 Å². The normalized spacial score (nSPS) is 17.3. The molecule has 35 heavy (non-hydrogen) atoms.